The van der Waals surface area contributed by atoms with Crippen LogP contribution in [-0.2, 0) is 4.74 Å². The van der Waals surface area contributed by atoms with Crippen LogP contribution in [0.5, 0.6) is 5.75 Å². The Bertz CT molecular complexity index is 570. The number of aromatic hydroxyl groups is 1. The van der Waals surface area contributed by atoms with E-state index in [-0.39, 0.29) is 28.6 Å². The van der Waals surface area contributed by atoms with Crippen molar-refractivity contribution >= 4 is 11.6 Å². The van der Waals surface area contributed by atoms with Crippen molar-refractivity contribution in [2.75, 3.05) is 6.61 Å². The van der Waals surface area contributed by atoms with Crippen LogP contribution in [0, 0.1) is 10.1 Å². The minimum atomic E-state index is -0.603. The Labute approximate surface area is 122 Å². The highest BCUT2D eigenvalue weighted by Crippen LogP contribution is 2.26. The SMILES string of the molecule is CC1(C)C[C@@H](NC(=O)c2cc([N+](=O)[O-])ccc2O)CCO1. The van der Waals surface area contributed by atoms with E-state index < -0.39 is 10.8 Å². The average Bonchev–Trinajstić information content (AvgIpc) is 2.37. The van der Waals surface area contributed by atoms with E-state index in [1.54, 1.807) is 0 Å². The molecule has 0 aliphatic carbocycles. The lowest BCUT2D eigenvalue weighted by molar-refractivity contribution is -0.384. The number of benzene rings is 1. The Morgan fingerprint density at radius 3 is 2.86 bits per heavy atom. The van der Waals surface area contributed by atoms with E-state index in [1.165, 1.54) is 0 Å². The van der Waals surface area contributed by atoms with Crippen LogP contribution >= 0.6 is 0 Å². The molecular weight excluding hydrogens is 276 g/mol. The number of phenolic OH excluding ortho intramolecular Hbond substituents is 1. The molecule has 0 spiro atoms. The predicted molar refractivity (Wildman–Crippen MR) is 75.3 cm³/mol. The highest BCUT2D eigenvalue weighted by Gasteiger charge is 2.30. The van der Waals surface area contributed by atoms with Gasteiger partial charge in [-0.25, -0.2) is 0 Å². The maximum absolute atomic E-state index is 12.2. The molecule has 21 heavy (non-hydrogen) atoms. The van der Waals surface area contributed by atoms with Crippen LogP contribution in [0.1, 0.15) is 37.0 Å². The van der Waals surface area contributed by atoms with Gasteiger partial charge in [-0.1, -0.05) is 0 Å². The number of hydrogen-bond donors (Lipinski definition) is 2. The van der Waals surface area contributed by atoms with E-state index in [1.807, 2.05) is 13.8 Å². The second kappa shape index (κ2) is 5.69. The zero-order valence-electron chi connectivity index (χ0n) is 12.0. The minimum absolute atomic E-state index is 0.0834. The first-order valence-electron chi connectivity index (χ1n) is 6.71. The summed E-state index contributed by atoms with van der Waals surface area (Å²) in [5.74, 6) is -0.789. The number of non-ortho nitro benzene ring substituents is 1. The molecule has 0 bridgehead atoms. The molecule has 7 heteroatoms. The fraction of sp³-hybridized carbons (Fsp3) is 0.500. The van der Waals surface area contributed by atoms with Crippen LogP contribution < -0.4 is 5.32 Å². The molecule has 1 aliphatic heterocycles. The topological polar surface area (TPSA) is 102 Å². The number of nitrogens with zero attached hydrogens (tertiary/aromatic N) is 1. The number of nitro benzene ring substituents is 1. The van der Waals surface area contributed by atoms with Crippen molar-refractivity contribution < 1.29 is 19.6 Å². The zero-order chi connectivity index (χ0) is 15.6. The van der Waals surface area contributed by atoms with Gasteiger partial charge >= 0.3 is 0 Å². The molecule has 0 saturated carbocycles. The molecule has 1 heterocycles. The van der Waals surface area contributed by atoms with Gasteiger partial charge in [-0.05, 0) is 32.8 Å². The van der Waals surface area contributed by atoms with Gasteiger partial charge in [-0.3, -0.25) is 14.9 Å². The average molecular weight is 294 g/mol. The number of amides is 1. The van der Waals surface area contributed by atoms with Gasteiger partial charge in [0.05, 0.1) is 16.1 Å². The van der Waals surface area contributed by atoms with Crippen LogP contribution in [-0.4, -0.2) is 34.2 Å². The molecule has 0 radical (unpaired) electrons. The molecule has 0 unspecified atom stereocenters. The van der Waals surface area contributed by atoms with Crippen molar-refractivity contribution in [3.05, 3.63) is 33.9 Å². The summed E-state index contributed by atoms with van der Waals surface area (Å²) in [6, 6.07) is 3.31. The number of hydrogen-bond acceptors (Lipinski definition) is 5. The van der Waals surface area contributed by atoms with E-state index >= 15 is 0 Å². The molecule has 1 atom stereocenters. The largest absolute Gasteiger partial charge is 0.507 e. The second-order valence-electron chi connectivity index (χ2n) is 5.73. The maximum atomic E-state index is 12.2. The molecule has 2 rings (SSSR count). The van der Waals surface area contributed by atoms with Crippen molar-refractivity contribution in [1.29, 1.82) is 0 Å². The summed E-state index contributed by atoms with van der Waals surface area (Å²) in [6.45, 7) is 4.42. The number of nitrogens with one attached hydrogen (secondary N) is 1. The van der Waals surface area contributed by atoms with E-state index in [9.17, 15) is 20.0 Å². The van der Waals surface area contributed by atoms with Crippen molar-refractivity contribution in [2.45, 2.75) is 38.3 Å². The molecule has 1 aliphatic rings. The Morgan fingerprint density at radius 2 is 2.24 bits per heavy atom. The smallest absolute Gasteiger partial charge is 0.270 e. The molecule has 1 amide bonds. The minimum Gasteiger partial charge on any atom is -0.507 e. The van der Waals surface area contributed by atoms with Gasteiger partial charge in [0.15, 0.2) is 0 Å². The van der Waals surface area contributed by atoms with E-state index in [0.717, 1.165) is 18.2 Å². The van der Waals surface area contributed by atoms with Crippen molar-refractivity contribution in [2.24, 2.45) is 0 Å². The summed E-state index contributed by atoms with van der Waals surface area (Å²) in [4.78, 5) is 22.3. The van der Waals surface area contributed by atoms with Gasteiger partial charge in [0.1, 0.15) is 5.75 Å². The third-order valence-corrected chi connectivity index (χ3v) is 3.47. The molecule has 1 aromatic carbocycles. The monoisotopic (exact) mass is 294 g/mol. The van der Waals surface area contributed by atoms with Crippen molar-refractivity contribution in [1.82, 2.24) is 5.32 Å². The summed E-state index contributed by atoms with van der Waals surface area (Å²) < 4.78 is 5.57. The lowest BCUT2D eigenvalue weighted by Crippen LogP contribution is -2.45. The molecule has 1 fully saturated rings. The lowest BCUT2D eigenvalue weighted by Gasteiger charge is -2.35. The Morgan fingerprint density at radius 1 is 1.52 bits per heavy atom. The van der Waals surface area contributed by atoms with Gasteiger partial charge in [0.2, 0.25) is 0 Å². The van der Waals surface area contributed by atoms with Gasteiger partial charge in [0, 0.05) is 24.8 Å². The fourth-order valence-electron chi connectivity index (χ4n) is 2.44. The Balaban J connectivity index is 2.13. The third-order valence-electron chi connectivity index (χ3n) is 3.47. The summed E-state index contributed by atoms with van der Waals surface area (Å²) >= 11 is 0. The van der Waals surface area contributed by atoms with Crippen LogP contribution in [0.4, 0.5) is 5.69 Å². The van der Waals surface area contributed by atoms with Gasteiger partial charge < -0.3 is 15.2 Å². The van der Waals surface area contributed by atoms with Crippen LogP contribution in [0.15, 0.2) is 18.2 Å². The molecule has 1 aromatic rings. The van der Waals surface area contributed by atoms with Crippen molar-refractivity contribution in [3.8, 4) is 5.75 Å². The maximum Gasteiger partial charge on any atom is 0.270 e. The molecule has 2 N–H and O–H groups in total. The number of rotatable bonds is 3. The summed E-state index contributed by atoms with van der Waals surface area (Å²) in [6.07, 6.45) is 1.32. The van der Waals surface area contributed by atoms with Crippen LogP contribution in [0.25, 0.3) is 0 Å². The lowest BCUT2D eigenvalue weighted by atomic mass is 9.93. The predicted octanol–water partition coefficient (Wildman–Crippen LogP) is 1.99. The molecule has 7 nitrogen and oxygen atoms in total. The van der Waals surface area contributed by atoms with Gasteiger partial charge in [0.25, 0.3) is 11.6 Å². The van der Waals surface area contributed by atoms with E-state index in [2.05, 4.69) is 5.32 Å². The van der Waals surface area contributed by atoms with Crippen LogP contribution in [0.2, 0.25) is 0 Å². The first-order valence-corrected chi connectivity index (χ1v) is 6.71. The highest BCUT2D eigenvalue weighted by molar-refractivity contribution is 5.97. The van der Waals surface area contributed by atoms with Crippen LogP contribution in [0.3, 0.4) is 0 Å². The second-order valence-corrected chi connectivity index (χ2v) is 5.73. The number of phenols is 1. The Kier molecular flexibility index (Phi) is 4.13. The number of ether oxygens (including phenoxy) is 1. The molecule has 1 saturated heterocycles. The van der Waals surface area contributed by atoms with E-state index in [4.69, 9.17) is 4.74 Å². The summed E-state index contributed by atoms with van der Waals surface area (Å²) in [5.41, 5.74) is -0.639. The molecule has 114 valence electrons. The number of nitro groups is 1. The first-order chi connectivity index (χ1) is 9.78. The standard InChI is InChI=1S/C14H18N2O5/c1-14(2)8-9(5-6-21-14)15-13(18)11-7-10(16(19)20)3-4-12(11)17/h3-4,7,9,17H,5-6,8H2,1-2H3,(H,15,18)/t9-/m0/s1. The Hall–Kier alpha value is -2.15. The zero-order valence-corrected chi connectivity index (χ0v) is 12.0. The highest BCUT2D eigenvalue weighted by atomic mass is 16.6. The molecular formula is C14H18N2O5. The summed E-state index contributed by atoms with van der Waals surface area (Å²) in [7, 11) is 0. The first kappa shape index (κ1) is 15.2. The number of carbonyl (C=O) groups excluding carboxylic acids is 1. The quantitative estimate of drug-likeness (QED) is 0.655. The van der Waals surface area contributed by atoms with Crippen molar-refractivity contribution in [3.63, 3.8) is 0 Å². The third kappa shape index (κ3) is 3.69. The molecule has 0 aromatic heterocycles. The fourth-order valence-corrected chi connectivity index (χ4v) is 2.44. The summed E-state index contributed by atoms with van der Waals surface area (Å²) in [5, 5.41) is 23.2. The number of carbonyl (C=O) groups is 1. The van der Waals surface area contributed by atoms with Gasteiger partial charge in [-0.15, -0.1) is 0 Å². The van der Waals surface area contributed by atoms with Gasteiger partial charge in [-0.2, -0.15) is 0 Å². The van der Waals surface area contributed by atoms with E-state index in [0.29, 0.717) is 19.4 Å². The normalized spacial score (nSPS) is 20.8.